The molecule has 0 bridgehead atoms. The summed E-state index contributed by atoms with van der Waals surface area (Å²) in [6.07, 6.45) is 1.42. The van der Waals surface area contributed by atoms with Gasteiger partial charge in [-0.3, -0.25) is 4.79 Å². The number of aromatic nitrogens is 3. The topological polar surface area (TPSA) is 94.0 Å². The van der Waals surface area contributed by atoms with Crippen LogP contribution in [0, 0.1) is 5.41 Å². The minimum Gasteiger partial charge on any atom is -0.481 e. The van der Waals surface area contributed by atoms with Crippen LogP contribution in [0.1, 0.15) is 13.8 Å². The minimum absolute atomic E-state index is 0.154. The fourth-order valence-electron chi connectivity index (χ4n) is 0.858. The zero-order valence-electron chi connectivity index (χ0n) is 7.56. The second-order valence-electron chi connectivity index (χ2n) is 3.49. The van der Waals surface area contributed by atoms with E-state index < -0.39 is 11.4 Å². The van der Waals surface area contributed by atoms with Crippen LogP contribution in [0.4, 0.5) is 5.95 Å². The van der Waals surface area contributed by atoms with Crippen LogP contribution in [0.5, 0.6) is 0 Å². The summed E-state index contributed by atoms with van der Waals surface area (Å²) in [5.41, 5.74) is 4.42. The summed E-state index contributed by atoms with van der Waals surface area (Å²) in [6.45, 7) is 3.49. The van der Waals surface area contributed by atoms with Gasteiger partial charge in [-0.05, 0) is 13.8 Å². The molecule has 0 aliphatic carbocycles. The molecule has 0 amide bonds. The molecule has 1 aromatic rings. The van der Waals surface area contributed by atoms with E-state index in [9.17, 15) is 4.79 Å². The third-order valence-electron chi connectivity index (χ3n) is 1.69. The normalized spacial score (nSPS) is 11.5. The highest BCUT2D eigenvalue weighted by Gasteiger charge is 2.28. The SMILES string of the molecule is CC(C)(Cn1cnc(N)n1)C(=O)O. The Bertz CT molecular complexity index is 318. The highest BCUT2D eigenvalue weighted by Crippen LogP contribution is 2.17. The number of aliphatic carboxylic acids is 1. The summed E-state index contributed by atoms with van der Waals surface area (Å²) in [5.74, 6) is -0.720. The second kappa shape index (κ2) is 3.04. The Morgan fingerprint density at radius 2 is 2.38 bits per heavy atom. The fraction of sp³-hybridized carbons (Fsp3) is 0.571. The average Bonchev–Trinajstić information content (AvgIpc) is 2.34. The van der Waals surface area contributed by atoms with Crippen LogP contribution in [0.3, 0.4) is 0 Å². The first-order valence-electron chi connectivity index (χ1n) is 3.80. The molecule has 13 heavy (non-hydrogen) atoms. The maximum atomic E-state index is 10.7. The Labute approximate surface area is 75.4 Å². The first kappa shape index (κ1) is 9.50. The average molecular weight is 184 g/mol. The summed E-state index contributed by atoms with van der Waals surface area (Å²) in [4.78, 5) is 14.4. The van der Waals surface area contributed by atoms with Crippen molar-refractivity contribution in [2.45, 2.75) is 20.4 Å². The van der Waals surface area contributed by atoms with Gasteiger partial charge in [0.25, 0.3) is 0 Å². The zero-order valence-corrected chi connectivity index (χ0v) is 7.56. The molecule has 0 saturated heterocycles. The molecule has 0 unspecified atom stereocenters. The van der Waals surface area contributed by atoms with Gasteiger partial charge in [0.05, 0.1) is 12.0 Å². The van der Waals surface area contributed by atoms with Gasteiger partial charge in [0, 0.05) is 0 Å². The van der Waals surface area contributed by atoms with Crippen molar-refractivity contribution in [3.63, 3.8) is 0 Å². The van der Waals surface area contributed by atoms with Crippen LogP contribution in [-0.2, 0) is 11.3 Å². The van der Waals surface area contributed by atoms with E-state index in [0.29, 0.717) is 0 Å². The Kier molecular flexibility index (Phi) is 2.22. The Morgan fingerprint density at radius 1 is 1.77 bits per heavy atom. The van der Waals surface area contributed by atoms with Gasteiger partial charge < -0.3 is 10.8 Å². The molecule has 0 aliphatic heterocycles. The predicted molar refractivity (Wildman–Crippen MR) is 45.9 cm³/mol. The number of carboxylic acids is 1. The molecule has 6 heteroatoms. The van der Waals surface area contributed by atoms with Crippen LogP contribution in [0.15, 0.2) is 6.33 Å². The number of rotatable bonds is 3. The Morgan fingerprint density at radius 3 is 2.77 bits per heavy atom. The molecule has 3 N–H and O–H groups in total. The summed E-state index contributed by atoms with van der Waals surface area (Å²) < 4.78 is 1.42. The lowest BCUT2D eigenvalue weighted by Crippen LogP contribution is -2.29. The highest BCUT2D eigenvalue weighted by molar-refractivity contribution is 5.73. The summed E-state index contributed by atoms with van der Waals surface area (Å²) in [7, 11) is 0. The van der Waals surface area contributed by atoms with E-state index in [1.165, 1.54) is 11.0 Å². The van der Waals surface area contributed by atoms with E-state index >= 15 is 0 Å². The molecule has 0 fully saturated rings. The molecule has 0 radical (unpaired) electrons. The fourth-order valence-corrected chi connectivity index (χ4v) is 0.858. The van der Waals surface area contributed by atoms with Gasteiger partial charge in [0.2, 0.25) is 5.95 Å². The molecular formula is C7H12N4O2. The summed E-state index contributed by atoms with van der Waals surface area (Å²) >= 11 is 0. The van der Waals surface area contributed by atoms with Crippen molar-refractivity contribution < 1.29 is 9.90 Å². The van der Waals surface area contributed by atoms with E-state index in [1.807, 2.05) is 0 Å². The van der Waals surface area contributed by atoms with E-state index in [2.05, 4.69) is 10.1 Å². The second-order valence-corrected chi connectivity index (χ2v) is 3.49. The van der Waals surface area contributed by atoms with Crippen LogP contribution in [-0.4, -0.2) is 25.8 Å². The minimum atomic E-state index is -0.874. The number of nitrogens with two attached hydrogens (primary N) is 1. The standard InChI is InChI=1S/C7H12N4O2/c1-7(2,5(12)13)3-11-4-9-6(8)10-11/h4H,3H2,1-2H3,(H2,8,10)(H,12,13). The molecule has 0 aromatic carbocycles. The van der Waals surface area contributed by atoms with E-state index in [1.54, 1.807) is 13.8 Å². The lowest BCUT2D eigenvalue weighted by molar-refractivity contribution is -0.147. The molecule has 1 aromatic heterocycles. The first-order chi connectivity index (χ1) is 5.92. The number of anilines is 1. The predicted octanol–water partition coefficient (Wildman–Crippen LogP) is -0.0289. The lowest BCUT2D eigenvalue weighted by Gasteiger charge is -2.17. The van der Waals surface area contributed by atoms with Gasteiger partial charge >= 0.3 is 5.97 Å². The highest BCUT2D eigenvalue weighted by atomic mass is 16.4. The van der Waals surface area contributed by atoms with Crippen molar-refractivity contribution in [1.29, 1.82) is 0 Å². The molecule has 0 atom stereocenters. The summed E-state index contributed by atoms with van der Waals surface area (Å²) in [5, 5.41) is 12.6. The van der Waals surface area contributed by atoms with Crippen LogP contribution >= 0.6 is 0 Å². The number of hydrogen-bond donors (Lipinski definition) is 2. The Balaban J connectivity index is 2.74. The number of hydrogen-bond acceptors (Lipinski definition) is 4. The van der Waals surface area contributed by atoms with E-state index in [-0.39, 0.29) is 12.5 Å². The van der Waals surface area contributed by atoms with Crippen LogP contribution in [0.2, 0.25) is 0 Å². The maximum Gasteiger partial charge on any atom is 0.310 e. The largest absolute Gasteiger partial charge is 0.481 e. The van der Waals surface area contributed by atoms with Gasteiger partial charge in [0.15, 0.2) is 0 Å². The quantitative estimate of drug-likeness (QED) is 0.688. The van der Waals surface area contributed by atoms with Crippen molar-refractivity contribution in [1.82, 2.24) is 14.8 Å². The van der Waals surface area contributed by atoms with Crippen molar-refractivity contribution in [3.05, 3.63) is 6.33 Å². The van der Waals surface area contributed by atoms with Gasteiger partial charge in [-0.25, -0.2) is 9.67 Å². The molecule has 1 rings (SSSR count). The number of nitrogen functional groups attached to an aromatic ring is 1. The molecule has 0 saturated carbocycles. The summed E-state index contributed by atoms with van der Waals surface area (Å²) in [6, 6.07) is 0. The third kappa shape index (κ3) is 2.17. The molecular weight excluding hydrogens is 172 g/mol. The van der Waals surface area contributed by atoms with Crippen molar-refractivity contribution in [2.75, 3.05) is 5.73 Å². The molecule has 0 aliphatic rings. The van der Waals surface area contributed by atoms with Crippen molar-refractivity contribution in [2.24, 2.45) is 5.41 Å². The van der Waals surface area contributed by atoms with Crippen LogP contribution in [0.25, 0.3) is 0 Å². The smallest absolute Gasteiger partial charge is 0.310 e. The molecule has 6 nitrogen and oxygen atoms in total. The molecule has 72 valence electrons. The Hall–Kier alpha value is -1.59. The third-order valence-corrected chi connectivity index (χ3v) is 1.69. The first-order valence-corrected chi connectivity index (χ1v) is 3.80. The number of carbonyl (C=O) groups is 1. The van der Waals surface area contributed by atoms with E-state index in [4.69, 9.17) is 10.8 Å². The number of nitrogens with zero attached hydrogens (tertiary/aromatic N) is 3. The van der Waals surface area contributed by atoms with Crippen LogP contribution < -0.4 is 5.73 Å². The van der Waals surface area contributed by atoms with Gasteiger partial charge in [-0.1, -0.05) is 0 Å². The molecule has 1 heterocycles. The van der Waals surface area contributed by atoms with Crippen molar-refractivity contribution in [3.8, 4) is 0 Å². The lowest BCUT2D eigenvalue weighted by atomic mass is 9.94. The van der Waals surface area contributed by atoms with Gasteiger partial charge in [-0.15, -0.1) is 5.10 Å². The molecule has 0 spiro atoms. The van der Waals surface area contributed by atoms with E-state index in [0.717, 1.165) is 0 Å². The monoisotopic (exact) mass is 184 g/mol. The number of carboxylic acid groups (broad SMARTS) is 1. The van der Waals surface area contributed by atoms with Gasteiger partial charge in [-0.2, -0.15) is 0 Å². The van der Waals surface area contributed by atoms with Crippen molar-refractivity contribution >= 4 is 11.9 Å². The maximum absolute atomic E-state index is 10.7. The zero-order chi connectivity index (χ0) is 10.1. The van der Waals surface area contributed by atoms with Gasteiger partial charge in [0.1, 0.15) is 6.33 Å².